The lowest BCUT2D eigenvalue weighted by molar-refractivity contribution is -0.152. The number of nitrogens with two attached hydrogens (primary N) is 1. The zero-order valence-corrected chi connectivity index (χ0v) is 27.4. The smallest absolute Gasteiger partial charge is 0.380 e. The number of esters is 2. The molecule has 4 rings (SSSR count). The fraction of sp³-hybridized carbons (Fsp3) is 0.516. The van der Waals surface area contributed by atoms with Crippen LogP contribution >= 0.6 is 7.60 Å². The number of nitrogen functional groups attached to an aromatic ring is 1. The van der Waals surface area contributed by atoms with Gasteiger partial charge in [0.15, 0.2) is 11.2 Å². The molecule has 3 aromatic rings. The number of hydrogen-bond donors (Lipinski definition) is 2. The number of aromatic nitrogens is 4. The Labute approximate surface area is 262 Å². The second-order valence-corrected chi connectivity index (χ2v) is 14.5. The van der Waals surface area contributed by atoms with Crippen molar-refractivity contribution in [3.63, 3.8) is 0 Å². The van der Waals surface area contributed by atoms with Crippen LogP contribution in [0.15, 0.2) is 47.0 Å². The Bertz CT molecular complexity index is 1650. The van der Waals surface area contributed by atoms with Crippen LogP contribution < -0.4 is 15.8 Å². The van der Waals surface area contributed by atoms with Gasteiger partial charge in [-0.1, -0.05) is 45.9 Å². The molecule has 1 unspecified atom stereocenters. The van der Waals surface area contributed by atoms with Gasteiger partial charge in [0.05, 0.1) is 36.1 Å². The summed E-state index contributed by atoms with van der Waals surface area (Å²) in [6, 6.07) is 8.61. The molecule has 0 bridgehead atoms. The van der Waals surface area contributed by atoms with E-state index in [0.29, 0.717) is 18.6 Å². The molecule has 0 radical (unpaired) electrons. The van der Waals surface area contributed by atoms with Gasteiger partial charge in [-0.2, -0.15) is 4.98 Å². The van der Waals surface area contributed by atoms with Gasteiger partial charge in [0, 0.05) is 6.20 Å². The van der Waals surface area contributed by atoms with Gasteiger partial charge in [-0.05, 0) is 50.3 Å². The summed E-state index contributed by atoms with van der Waals surface area (Å²) in [5, 5.41) is 0. The summed E-state index contributed by atoms with van der Waals surface area (Å²) in [4.78, 5) is 48.6. The van der Waals surface area contributed by atoms with Gasteiger partial charge in [-0.25, -0.2) is 9.55 Å². The minimum atomic E-state index is -3.99. The summed E-state index contributed by atoms with van der Waals surface area (Å²) in [7, 11) is -3.99. The fourth-order valence-corrected chi connectivity index (χ4v) is 6.76. The summed E-state index contributed by atoms with van der Waals surface area (Å²) in [5.41, 5.74) is 5.57. The molecule has 1 aliphatic rings. The standard InChI is InChI=1S/C31H42N5O8P/c1-19(2)12-22(29(39)43-21(5)6)15-45(40,44-24-10-8-7-9-11-24)42-17-31(16-41-28(38)20(3)4)13-23(31)14-36-18-33-25-26(36)34-30(32)35-27(25)37/h7-11,14,18-22H,12-13,15-17H2,1-6H3,(H3,32,34,35,37)/b23-14-/t22-,31?,45+/m1/s1. The summed E-state index contributed by atoms with van der Waals surface area (Å²) in [6.07, 6.45) is 3.45. The Morgan fingerprint density at radius 3 is 2.47 bits per heavy atom. The highest BCUT2D eigenvalue weighted by atomic mass is 31.2. The predicted octanol–water partition coefficient (Wildman–Crippen LogP) is 5.03. The maximum absolute atomic E-state index is 14.5. The molecule has 13 nitrogen and oxygen atoms in total. The molecule has 2 heterocycles. The fourth-order valence-electron chi connectivity index (χ4n) is 4.81. The number of carbonyl (C=O) groups is 2. The van der Waals surface area contributed by atoms with Crippen LogP contribution in [0.4, 0.5) is 5.95 Å². The Morgan fingerprint density at radius 2 is 1.82 bits per heavy atom. The Balaban J connectivity index is 1.66. The predicted molar refractivity (Wildman–Crippen MR) is 169 cm³/mol. The molecular weight excluding hydrogens is 601 g/mol. The molecule has 3 N–H and O–H groups in total. The van der Waals surface area contributed by atoms with E-state index < -0.39 is 36.4 Å². The van der Waals surface area contributed by atoms with Gasteiger partial charge in [0.1, 0.15) is 18.7 Å². The number of para-hydroxylation sites is 1. The average molecular weight is 644 g/mol. The first-order valence-electron chi connectivity index (χ1n) is 15.0. The van der Waals surface area contributed by atoms with Crippen LogP contribution in [0.5, 0.6) is 5.75 Å². The molecule has 0 spiro atoms. The molecule has 14 heteroatoms. The number of anilines is 1. The maximum atomic E-state index is 14.5. The number of H-pyrrole nitrogens is 1. The minimum absolute atomic E-state index is 0.0468. The lowest BCUT2D eigenvalue weighted by Gasteiger charge is -2.26. The first-order chi connectivity index (χ1) is 21.2. The summed E-state index contributed by atoms with van der Waals surface area (Å²) in [6.45, 7) is 10.7. The van der Waals surface area contributed by atoms with Gasteiger partial charge in [0.2, 0.25) is 5.95 Å². The van der Waals surface area contributed by atoms with Crippen LogP contribution in [0.3, 0.4) is 0 Å². The largest absolute Gasteiger partial charge is 0.464 e. The second-order valence-electron chi connectivity index (χ2n) is 12.4. The molecule has 1 saturated carbocycles. The number of nitrogens with zero attached hydrogens (tertiary/aromatic N) is 3. The summed E-state index contributed by atoms with van der Waals surface area (Å²) < 4.78 is 39.4. The highest BCUT2D eigenvalue weighted by Gasteiger charge is 2.52. The molecule has 0 aliphatic heterocycles. The number of hydrogen-bond acceptors (Lipinski definition) is 11. The molecule has 1 aromatic carbocycles. The quantitative estimate of drug-likeness (QED) is 0.168. The van der Waals surface area contributed by atoms with E-state index in [9.17, 15) is 18.9 Å². The van der Waals surface area contributed by atoms with Gasteiger partial charge < -0.3 is 19.7 Å². The second kappa shape index (κ2) is 14.0. The third-order valence-electron chi connectivity index (χ3n) is 7.20. The van der Waals surface area contributed by atoms with Crippen molar-refractivity contribution in [1.29, 1.82) is 0 Å². The van der Waals surface area contributed by atoms with Crippen LogP contribution in [0.1, 0.15) is 54.4 Å². The summed E-state index contributed by atoms with van der Waals surface area (Å²) >= 11 is 0. The van der Waals surface area contributed by atoms with Gasteiger partial charge >= 0.3 is 19.5 Å². The number of carbonyl (C=O) groups excluding carboxylic acids is 2. The lowest BCUT2D eigenvalue weighted by atomic mass is 9.99. The van der Waals surface area contributed by atoms with Crippen LogP contribution in [0, 0.1) is 23.2 Å². The van der Waals surface area contributed by atoms with E-state index in [0.717, 1.165) is 5.57 Å². The topological polar surface area (TPSA) is 178 Å². The van der Waals surface area contributed by atoms with Crippen molar-refractivity contribution in [2.75, 3.05) is 25.1 Å². The lowest BCUT2D eigenvalue weighted by Crippen LogP contribution is -2.28. The third-order valence-corrected chi connectivity index (χ3v) is 9.10. The molecule has 0 saturated heterocycles. The van der Waals surface area contributed by atoms with E-state index in [1.54, 1.807) is 68.8 Å². The minimum Gasteiger partial charge on any atom is -0.464 e. The monoisotopic (exact) mass is 643 g/mol. The van der Waals surface area contributed by atoms with E-state index in [2.05, 4.69) is 15.0 Å². The molecule has 45 heavy (non-hydrogen) atoms. The van der Waals surface area contributed by atoms with Crippen molar-refractivity contribution < 1.29 is 32.7 Å². The van der Waals surface area contributed by atoms with E-state index in [-0.39, 0.29) is 54.4 Å². The number of rotatable bonds is 15. The molecule has 3 atom stereocenters. The van der Waals surface area contributed by atoms with Crippen molar-refractivity contribution in [3.8, 4) is 5.75 Å². The van der Waals surface area contributed by atoms with Gasteiger partial charge in [0.25, 0.3) is 5.56 Å². The zero-order valence-electron chi connectivity index (χ0n) is 26.5. The number of fused-ring (bicyclic) bond motifs is 1. The number of aromatic amines is 1. The summed E-state index contributed by atoms with van der Waals surface area (Å²) in [5.74, 6) is -1.59. The average Bonchev–Trinajstić information content (AvgIpc) is 3.49. The van der Waals surface area contributed by atoms with Crippen molar-refractivity contribution in [2.24, 2.45) is 23.2 Å². The van der Waals surface area contributed by atoms with Crippen LogP contribution in [0.2, 0.25) is 0 Å². The van der Waals surface area contributed by atoms with E-state index in [1.165, 1.54) is 6.33 Å². The normalized spacial score (nSPS) is 19.2. The van der Waals surface area contributed by atoms with E-state index in [1.807, 2.05) is 13.8 Å². The highest BCUT2D eigenvalue weighted by molar-refractivity contribution is 7.54. The number of imidazole rings is 1. The molecular formula is C31H42N5O8P. The zero-order chi connectivity index (χ0) is 32.9. The number of nitrogens with one attached hydrogen (secondary N) is 1. The van der Waals surface area contributed by atoms with Crippen molar-refractivity contribution >= 4 is 42.8 Å². The van der Waals surface area contributed by atoms with Crippen LogP contribution in [-0.2, 0) is 28.2 Å². The van der Waals surface area contributed by atoms with Crippen LogP contribution in [-0.4, -0.2) is 56.9 Å². The first-order valence-corrected chi connectivity index (χ1v) is 16.7. The molecule has 2 aromatic heterocycles. The molecule has 1 fully saturated rings. The van der Waals surface area contributed by atoms with E-state index in [4.69, 9.17) is 24.3 Å². The van der Waals surface area contributed by atoms with Crippen molar-refractivity contribution in [2.45, 2.75) is 60.5 Å². The third kappa shape index (κ3) is 8.82. The Kier molecular flexibility index (Phi) is 10.5. The number of ether oxygens (including phenoxy) is 2. The molecule has 244 valence electrons. The van der Waals surface area contributed by atoms with Gasteiger partial charge in [-0.3, -0.25) is 28.5 Å². The Hall–Kier alpha value is -3.96. The van der Waals surface area contributed by atoms with Gasteiger partial charge in [-0.15, -0.1) is 0 Å². The number of benzene rings is 1. The molecule has 0 amide bonds. The van der Waals surface area contributed by atoms with E-state index >= 15 is 0 Å². The van der Waals surface area contributed by atoms with Crippen molar-refractivity contribution in [1.82, 2.24) is 19.5 Å². The first kappa shape index (κ1) is 33.9. The van der Waals surface area contributed by atoms with Crippen LogP contribution in [0.25, 0.3) is 17.4 Å². The van der Waals surface area contributed by atoms with Crippen molar-refractivity contribution in [3.05, 3.63) is 52.6 Å². The highest BCUT2D eigenvalue weighted by Crippen LogP contribution is 2.58. The SMILES string of the molecule is CC(C)C[C@H](C[P@](=O)(OCC1(COC(=O)C(C)C)C/C1=C/n1cnc2c(=O)[nH]c(N)nc21)Oc1ccccc1)C(=O)OC(C)C. The Morgan fingerprint density at radius 1 is 1.11 bits per heavy atom. The maximum Gasteiger partial charge on any atom is 0.380 e. The molecule has 1 aliphatic carbocycles.